The summed E-state index contributed by atoms with van der Waals surface area (Å²) in [7, 11) is 0. The first-order valence-corrected chi connectivity index (χ1v) is 18.7. The van der Waals surface area contributed by atoms with Crippen molar-refractivity contribution >= 4 is 21.5 Å². The maximum Gasteiger partial charge on any atom is 0.164 e. The van der Waals surface area contributed by atoms with Gasteiger partial charge in [0.25, 0.3) is 0 Å². The summed E-state index contributed by atoms with van der Waals surface area (Å²) in [6.45, 7) is 0. The fraction of sp³-hybridized carbons (Fsp3) is 0. The molecular formula is C51H33N5. The molecule has 10 rings (SSSR count). The molecule has 0 atom stereocenters. The zero-order valence-corrected chi connectivity index (χ0v) is 30.3. The first kappa shape index (κ1) is 33.0. The van der Waals surface area contributed by atoms with Gasteiger partial charge in [0, 0.05) is 33.4 Å². The second-order valence-corrected chi connectivity index (χ2v) is 13.7. The number of aromatic nitrogens is 5. The van der Waals surface area contributed by atoms with E-state index >= 15 is 0 Å². The molecule has 5 heteroatoms. The molecule has 0 saturated carbocycles. The normalized spacial score (nSPS) is 11.2. The van der Waals surface area contributed by atoms with Gasteiger partial charge in [-0.1, -0.05) is 182 Å². The van der Waals surface area contributed by atoms with Crippen LogP contribution in [0.4, 0.5) is 0 Å². The van der Waals surface area contributed by atoms with Crippen LogP contribution < -0.4 is 0 Å². The molecule has 0 radical (unpaired) electrons. The van der Waals surface area contributed by atoms with E-state index in [2.05, 4.69) is 121 Å². The Balaban J connectivity index is 1.02. The highest BCUT2D eigenvalue weighted by Crippen LogP contribution is 2.34. The summed E-state index contributed by atoms with van der Waals surface area (Å²) in [4.78, 5) is 24.9. The summed E-state index contributed by atoms with van der Waals surface area (Å²) in [6.07, 6.45) is 0. The molecule has 8 aromatic carbocycles. The van der Waals surface area contributed by atoms with Gasteiger partial charge in [-0.05, 0) is 50.9 Å². The fourth-order valence-electron chi connectivity index (χ4n) is 7.24. The van der Waals surface area contributed by atoms with Crippen LogP contribution in [0.25, 0.3) is 101 Å². The van der Waals surface area contributed by atoms with Gasteiger partial charge in [0.15, 0.2) is 23.3 Å². The SMILES string of the molecule is c1ccc(-c2nc(-c3ccc(-c4cccc(-c5nc(-c6ccccc6)nc(-c6ccccc6)n5)c4)cc3)cc(-c3ccc4c(ccc5ccccc54)c3)n2)cc1. The van der Waals surface area contributed by atoms with E-state index in [-0.39, 0.29) is 0 Å². The summed E-state index contributed by atoms with van der Waals surface area (Å²) in [5, 5.41) is 4.89. The maximum atomic E-state index is 5.10. The highest BCUT2D eigenvalue weighted by Gasteiger charge is 2.15. The second kappa shape index (κ2) is 14.3. The van der Waals surface area contributed by atoms with Gasteiger partial charge in [-0.25, -0.2) is 24.9 Å². The lowest BCUT2D eigenvalue weighted by Gasteiger charge is -2.12. The van der Waals surface area contributed by atoms with Gasteiger partial charge >= 0.3 is 0 Å². The molecule has 2 aromatic heterocycles. The minimum Gasteiger partial charge on any atom is -0.228 e. The Bertz CT molecular complexity index is 2940. The smallest absolute Gasteiger partial charge is 0.164 e. The van der Waals surface area contributed by atoms with Crippen molar-refractivity contribution in [1.82, 2.24) is 24.9 Å². The lowest BCUT2D eigenvalue weighted by atomic mass is 9.98. The molecule has 0 fully saturated rings. The van der Waals surface area contributed by atoms with Crippen LogP contribution in [0, 0.1) is 0 Å². The Hall–Kier alpha value is -7.63. The van der Waals surface area contributed by atoms with E-state index in [0.717, 1.165) is 55.9 Å². The fourth-order valence-corrected chi connectivity index (χ4v) is 7.24. The molecule has 10 aromatic rings. The molecule has 0 aliphatic rings. The van der Waals surface area contributed by atoms with Gasteiger partial charge in [0.2, 0.25) is 0 Å². The van der Waals surface area contributed by atoms with Crippen molar-refractivity contribution in [2.24, 2.45) is 0 Å². The van der Waals surface area contributed by atoms with Crippen LogP contribution in [0.5, 0.6) is 0 Å². The Labute approximate surface area is 324 Å². The first-order valence-electron chi connectivity index (χ1n) is 18.7. The molecule has 0 N–H and O–H groups in total. The van der Waals surface area contributed by atoms with E-state index in [1.807, 2.05) is 78.9 Å². The molecule has 262 valence electrons. The molecule has 0 amide bonds. The van der Waals surface area contributed by atoms with Crippen molar-refractivity contribution in [3.05, 3.63) is 200 Å². The second-order valence-electron chi connectivity index (χ2n) is 13.7. The zero-order valence-electron chi connectivity index (χ0n) is 30.3. The van der Waals surface area contributed by atoms with Crippen LogP contribution >= 0.6 is 0 Å². The Morgan fingerprint density at radius 3 is 1.30 bits per heavy atom. The van der Waals surface area contributed by atoms with Crippen molar-refractivity contribution in [2.75, 3.05) is 0 Å². The molecule has 5 nitrogen and oxygen atoms in total. The first-order chi connectivity index (χ1) is 27.7. The number of fused-ring (bicyclic) bond motifs is 3. The third kappa shape index (κ3) is 6.48. The summed E-state index contributed by atoms with van der Waals surface area (Å²) in [5.41, 5.74) is 9.71. The standard InChI is InChI=1S/C51H33N5/c1-4-14-37(15-5-1)48-52-46(33-47(53-48)42-29-30-45-41(32-42)28-25-35-13-10-11-22-44(35)45)36-26-23-34(24-27-36)40-20-12-21-43(31-40)51-55-49(38-16-6-2-7-17-38)54-50(56-51)39-18-8-3-9-19-39/h1-33H. The van der Waals surface area contributed by atoms with Crippen molar-refractivity contribution < 1.29 is 0 Å². The quantitative estimate of drug-likeness (QED) is 0.154. The Morgan fingerprint density at radius 2 is 0.661 bits per heavy atom. The Morgan fingerprint density at radius 1 is 0.214 bits per heavy atom. The number of rotatable bonds is 7. The lowest BCUT2D eigenvalue weighted by Crippen LogP contribution is -2.00. The van der Waals surface area contributed by atoms with Gasteiger partial charge in [0.05, 0.1) is 11.4 Å². The number of hydrogen-bond donors (Lipinski definition) is 0. The van der Waals surface area contributed by atoms with Crippen molar-refractivity contribution in [1.29, 1.82) is 0 Å². The highest BCUT2D eigenvalue weighted by atomic mass is 15.0. The predicted octanol–water partition coefficient (Wildman–Crippen LogP) is 12.6. The lowest BCUT2D eigenvalue weighted by molar-refractivity contribution is 1.07. The number of benzene rings is 8. The number of hydrogen-bond acceptors (Lipinski definition) is 5. The molecule has 2 heterocycles. The Kier molecular flexibility index (Phi) is 8.43. The van der Waals surface area contributed by atoms with E-state index in [1.165, 1.54) is 21.5 Å². The maximum absolute atomic E-state index is 5.10. The molecule has 0 unspecified atom stereocenters. The average molecular weight is 716 g/mol. The predicted molar refractivity (Wildman–Crippen MR) is 228 cm³/mol. The minimum atomic E-state index is 0.625. The molecular weight excluding hydrogens is 683 g/mol. The molecule has 0 saturated heterocycles. The van der Waals surface area contributed by atoms with Gasteiger partial charge < -0.3 is 0 Å². The largest absolute Gasteiger partial charge is 0.228 e. The molecule has 0 aliphatic carbocycles. The summed E-state index contributed by atoms with van der Waals surface area (Å²) in [5.74, 6) is 2.59. The summed E-state index contributed by atoms with van der Waals surface area (Å²) in [6, 6.07) is 68.9. The van der Waals surface area contributed by atoms with E-state index in [0.29, 0.717) is 23.3 Å². The van der Waals surface area contributed by atoms with Gasteiger partial charge in [-0.15, -0.1) is 0 Å². The summed E-state index contributed by atoms with van der Waals surface area (Å²) >= 11 is 0. The zero-order chi connectivity index (χ0) is 37.3. The van der Waals surface area contributed by atoms with E-state index in [4.69, 9.17) is 24.9 Å². The van der Waals surface area contributed by atoms with Crippen molar-refractivity contribution in [3.8, 4) is 79.2 Å². The van der Waals surface area contributed by atoms with Gasteiger partial charge in [0.1, 0.15) is 0 Å². The number of nitrogens with zero attached hydrogens (tertiary/aromatic N) is 5. The van der Waals surface area contributed by atoms with Crippen LogP contribution in [0.1, 0.15) is 0 Å². The topological polar surface area (TPSA) is 64.5 Å². The van der Waals surface area contributed by atoms with E-state index in [9.17, 15) is 0 Å². The molecule has 0 bridgehead atoms. The summed E-state index contributed by atoms with van der Waals surface area (Å²) < 4.78 is 0. The van der Waals surface area contributed by atoms with E-state index < -0.39 is 0 Å². The molecule has 0 aliphatic heterocycles. The minimum absolute atomic E-state index is 0.625. The van der Waals surface area contributed by atoms with Gasteiger partial charge in [-0.3, -0.25) is 0 Å². The molecule has 56 heavy (non-hydrogen) atoms. The van der Waals surface area contributed by atoms with Crippen LogP contribution in [0.3, 0.4) is 0 Å². The van der Waals surface area contributed by atoms with Crippen molar-refractivity contribution in [2.45, 2.75) is 0 Å². The monoisotopic (exact) mass is 715 g/mol. The van der Waals surface area contributed by atoms with Crippen LogP contribution in [-0.4, -0.2) is 24.9 Å². The average Bonchev–Trinajstić information content (AvgIpc) is 3.29. The van der Waals surface area contributed by atoms with Crippen LogP contribution in [0.15, 0.2) is 200 Å². The van der Waals surface area contributed by atoms with Gasteiger partial charge in [-0.2, -0.15) is 0 Å². The van der Waals surface area contributed by atoms with Crippen LogP contribution in [-0.2, 0) is 0 Å². The third-order valence-electron chi connectivity index (χ3n) is 10.1. The molecule has 0 spiro atoms. The third-order valence-corrected chi connectivity index (χ3v) is 10.1. The highest BCUT2D eigenvalue weighted by molar-refractivity contribution is 6.08. The van der Waals surface area contributed by atoms with E-state index in [1.54, 1.807) is 0 Å². The van der Waals surface area contributed by atoms with Crippen LogP contribution in [0.2, 0.25) is 0 Å². The van der Waals surface area contributed by atoms with Crippen molar-refractivity contribution in [3.63, 3.8) is 0 Å².